The van der Waals surface area contributed by atoms with Gasteiger partial charge in [0.15, 0.2) is 0 Å². The van der Waals surface area contributed by atoms with Crippen molar-refractivity contribution in [1.82, 2.24) is 10.6 Å². The summed E-state index contributed by atoms with van der Waals surface area (Å²) in [5.74, 6) is -0.921. The average Bonchev–Trinajstić information content (AvgIpc) is 2.99. The van der Waals surface area contributed by atoms with Gasteiger partial charge in [0.1, 0.15) is 0 Å². The molecule has 3 amide bonds. The Bertz CT molecular complexity index is 326. The Labute approximate surface area is 106 Å². The van der Waals surface area contributed by atoms with Crippen LogP contribution in [-0.2, 0) is 9.59 Å². The summed E-state index contributed by atoms with van der Waals surface area (Å²) < 4.78 is 0. The molecule has 0 aromatic carbocycles. The van der Waals surface area contributed by atoms with Crippen molar-refractivity contribution in [3.05, 3.63) is 0 Å². The van der Waals surface area contributed by atoms with Crippen molar-refractivity contribution in [2.75, 3.05) is 6.54 Å². The lowest BCUT2D eigenvalue weighted by Crippen LogP contribution is -2.40. The third-order valence-corrected chi connectivity index (χ3v) is 2.84. The lowest BCUT2D eigenvalue weighted by atomic mass is 10.0. The maximum Gasteiger partial charge on any atom is 0.321 e. The molecular formula is C12H20N2O4. The standard InChI is InChI=1S/C12H20N2O4/c1-8(7-11(16)17)6-10(15)14-12(18)13-5-4-9-2-3-9/h8-9H,2-7H2,1H3,(H,16,17)(H2,13,14,15,18). The molecule has 1 atom stereocenters. The van der Waals surface area contributed by atoms with E-state index in [1.807, 2.05) is 0 Å². The van der Waals surface area contributed by atoms with Crippen LogP contribution in [0.25, 0.3) is 0 Å². The number of carboxylic acid groups (broad SMARTS) is 1. The van der Waals surface area contributed by atoms with E-state index in [-0.39, 0.29) is 18.8 Å². The Morgan fingerprint density at radius 1 is 1.28 bits per heavy atom. The number of urea groups is 1. The van der Waals surface area contributed by atoms with Gasteiger partial charge in [-0.05, 0) is 18.3 Å². The molecule has 18 heavy (non-hydrogen) atoms. The van der Waals surface area contributed by atoms with Crippen LogP contribution in [-0.4, -0.2) is 29.6 Å². The van der Waals surface area contributed by atoms with Crippen LogP contribution in [0.2, 0.25) is 0 Å². The number of nitrogens with one attached hydrogen (secondary N) is 2. The molecule has 0 aromatic rings. The average molecular weight is 256 g/mol. The summed E-state index contributed by atoms with van der Waals surface area (Å²) in [5, 5.41) is 13.3. The molecule has 3 N–H and O–H groups in total. The number of rotatable bonds is 7. The zero-order valence-electron chi connectivity index (χ0n) is 10.6. The van der Waals surface area contributed by atoms with Gasteiger partial charge in [0.2, 0.25) is 5.91 Å². The largest absolute Gasteiger partial charge is 0.481 e. The van der Waals surface area contributed by atoms with Crippen LogP contribution in [0.1, 0.15) is 39.0 Å². The molecule has 1 unspecified atom stereocenters. The molecular weight excluding hydrogens is 236 g/mol. The first-order valence-corrected chi connectivity index (χ1v) is 6.27. The molecule has 1 rings (SSSR count). The van der Waals surface area contributed by atoms with Crippen molar-refractivity contribution in [2.24, 2.45) is 11.8 Å². The van der Waals surface area contributed by atoms with Crippen molar-refractivity contribution in [1.29, 1.82) is 0 Å². The molecule has 0 spiro atoms. The quantitative estimate of drug-likeness (QED) is 0.636. The topological polar surface area (TPSA) is 95.5 Å². The Hall–Kier alpha value is -1.59. The van der Waals surface area contributed by atoms with Crippen molar-refractivity contribution in [3.8, 4) is 0 Å². The van der Waals surface area contributed by atoms with E-state index < -0.39 is 17.9 Å². The predicted octanol–water partition coefficient (Wildman–Crippen LogP) is 1.11. The second-order valence-corrected chi connectivity index (χ2v) is 4.94. The van der Waals surface area contributed by atoms with Gasteiger partial charge in [0, 0.05) is 19.4 Å². The van der Waals surface area contributed by atoms with Crippen LogP contribution in [0.4, 0.5) is 4.79 Å². The van der Waals surface area contributed by atoms with Crippen molar-refractivity contribution in [2.45, 2.75) is 39.0 Å². The maximum absolute atomic E-state index is 11.4. The van der Waals surface area contributed by atoms with Crippen LogP contribution in [0.3, 0.4) is 0 Å². The van der Waals surface area contributed by atoms with Crippen LogP contribution in [0.5, 0.6) is 0 Å². The van der Waals surface area contributed by atoms with Crippen LogP contribution < -0.4 is 10.6 Å². The van der Waals surface area contributed by atoms with E-state index in [1.54, 1.807) is 6.92 Å². The molecule has 1 fully saturated rings. The third-order valence-electron chi connectivity index (χ3n) is 2.84. The SMILES string of the molecule is CC(CC(=O)O)CC(=O)NC(=O)NCCC1CC1. The van der Waals surface area contributed by atoms with Crippen molar-refractivity contribution < 1.29 is 19.5 Å². The zero-order valence-corrected chi connectivity index (χ0v) is 10.6. The molecule has 0 bridgehead atoms. The van der Waals surface area contributed by atoms with Gasteiger partial charge in [-0.1, -0.05) is 19.8 Å². The number of carbonyl (C=O) groups excluding carboxylic acids is 2. The lowest BCUT2D eigenvalue weighted by Gasteiger charge is -2.09. The fraction of sp³-hybridized carbons (Fsp3) is 0.750. The molecule has 1 aliphatic carbocycles. The molecule has 6 heteroatoms. The molecule has 1 saturated carbocycles. The van der Waals surface area contributed by atoms with Crippen LogP contribution in [0.15, 0.2) is 0 Å². The summed E-state index contributed by atoms with van der Waals surface area (Å²) in [5.41, 5.74) is 0. The minimum absolute atomic E-state index is 0.0440. The predicted molar refractivity (Wildman–Crippen MR) is 64.9 cm³/mol. The van der Waals surface area contributed by atoms with Gasteiger partial charge in [0.05, 0.1) is 0 Å². The van der Waals surface area contributed by atoms with Crippen LogP contribution in [0, 0.1) is 11.8 Å². The Morgan fingerprint density at radius 3 is 2.50 bits per heavy atom. The number of imide groups is 1. The van der Waals surface area contributed by atoms with E-state index in [4.69, 9.17) is 5.11 Å². The molecule has 1 aliphatic rings. The van der Waals surface area contributed by atoms with Gasteiger partial charge in [-0.25, -0.2) is 4.79 Å². The Balaban J connectivity index is 2.09. The molecule has 102 valence electrons. The number of carboxylic acids is 1. The third kappa shape index (κ3) is 6.88. The first-order valence-electron chi connectivity index (χ1n) is 6.27. The first kappa shape index (κ1) is 14.5. The van der Waals surface area contributed by atoms with Gasteiger partial charge in [0.25, 0.3) is 0 Å². The second-order valence-electron chi connectivity index (χ2n) is 4.94. The van der Waals surface area contributed by atoms with E-state index >= 15 is 0 Å². The smallest absolute Gasteiger partial charge is 0.321 e. The van der Waals surface area contributed by atoms with Gasteiger partial charge in [-0.2, -0.15) is 0 Å². The fourth-order valence-electron chi connectivity index (χ4n) is 1.70. The van der Waals surface area contributed by atoms with Gasteiger partial charge in [-0.15, -0.1) is 0 Å². The summed E-state index contributed by atoms with van der Waals surface area (Å²) in [6, 6.07) is -0.497. The zero-order chi connectivity index (χ0) is 13.5. The highest BCUT2D eigenvalue weighted by molar-refractivity contribution is 5.94. The van der Waals surface area contributed by atoms with E-state index in [9.17, 15) is 14.4 Å². The number of amides is 3. The molecule has 0 heterocycles. The van der Waals surface area contributed by atoms with Crippen molar-refractivity contribution in [3.63, 3.8) is 0 Å². The summed E-state index contributed by atoms with van der Waals surface area (Å²) in [6.07, 6.45) is 3.39. The van der Waals surface area contributed by atoms with E-state index in [0.717, 1.165) is 12.3 Å². The van der Waals surface area contributed by atoms with E-state index in [0.29, 0.717) is 6.54 Å². The summed E-state index contributed by atoms with van der Waals surface area (Å²) in [7, 11) is 0. The monoisotopic (exact) mass is 256 g/mol. The Morgan fingerprint density at radius 2 is 1.94 bits per heavy atom. The summed E-state index contributed by atoms with van der Waals surface area (Å²) in [6.45, 7) is 2.24. The van der Waals surface area contributed by atoms with Gasteiger partial charge in [-0.3, -0.25) is 14.9 Å². The highest BCUT2D eigenvalue weighted by atomic mass is 16.4. The van der Waals surface area contributed by atoms with Crippen LogP contribution >= 0.6 is 0 Å². The van der Waals surface area contributed by atoms with Crippen molar-refractivity contribution >= 4 is 17.9 Å². The molecule has 0 saturated heterocycles. The number of aliphatic carboxylic acids is 1. The number of hydrogen-bond acceptors (Lipinski definition) is 3. The minimum Gasteiger partial charge on any atom is -0.481 e. The molecule has 6 nitrogen and oxygen atoms in total. The highest BCUT2D eigenvalue weighted by Gasteiger charge is 2.21. The molecule has 0 aromatic heterocycles. The van der Waals surface area contributed by atoms with E-state index in [1.165, 1.54) is 12.8 Å². The first-order chi connectivity index (χ1) is 8.47. The van der Waals surface area contributed by atoms with Gasteiger partial charge >= 0.3 is 12.0 Å². The highest BCUT2D eigenvalue weighted by Crippen LogP contribution is 2.31. The number of hydrogen-bond donors (Lipinski definition) is 3. The van der Waals surface area contributed by atoms with E-state index in [2.05, 4.69) is 10.6 Å². The summed E-state index contributed by atoms with van der Waals surface area (Å²) in [4.78, 5) is 33.1. The Kier molecular flexibility index (Phi) is 5.61. The number of carbonyl (C=O) groups is 3. The molecule has 0 radical (unpaired) electrons. The van der Waals surface area contributed by atoms with Gasteiger partial charge < -0.3 is 10.4 Å². The normalized spacial score (nSPS) is 15.8. The molecule has 0 aliphatic heterocycles. The summed E-state index contributed by atoms with van der Waals surface area (Å²) >= 11 is 0. The maximum atomic E-state index is 11.4. The second kappa shape index (κ2) is 6.98. The fourth-order valence-corrected chi connectivity index (χ4v) is 1.70. The minimum atomic E-state index is -0.941. The lowest BCUT2D eigenvalue weighted by molar-refractivity contribution is -0.138.